The fourth-order valence-electron chi connectivity index (χ4n) is 3.24. The highest BCUT2D eigenvalue weighted by Gasteiger charge is 2.46. The van der Waals surface area contributed by atoms with E-state index >= 15 is 0 Å². The summed E-state index contributed by atoms with van der Waals surface area (Å²) in [5.74, 6) is 0. The molecule has 0 spiro atoms. The van der Waals surface area contributed by atoms with Crippen LogP contribution < -0.4 is 4.89 Å². The second-order valence-electron chi connectivity index (χ2n) is 6.15. The van der Waals surface area contributed by atoms with Gasteiger partial charge in [0.05, 0.1) is 13.2 Å². The Morgan fingerprint density at radius 1 is 0.867 bits per heavy atom. The number of methoxy groups -OCH3 is 4. The maximum Gasteiger partial charge on any atom is 0.268 e. The molecule has 0 aliphatic carbocycles. The Balaban J connectivity index is 0.00000272. The van der Waals surface area contributed by atoms with Crippen molar-refractivity contribution in [3.63, 3.8) is 0 Å². The van der Waals surface area contributed by atoms with Gasteiger partial charge in [-0.25, -0.2) is 0 Å². The molecular formula is C16H32B2O11P-. The van der Waals surface area contributed by atoms with Crippen molar-refractivity contribution in [2.75, 3.05) is 48.8 Å². The van der Waals surface area contributed by atoms with Gasteiger partial charge in [-0.15, -0.1) is 0 Å². The van der Waals surface area contributed by atoms with Gasteiger partial charge < -0.3 is 47.5 Å². The number of phosphoric acid groups is 1. The van der Waals surface area contributed by atoms with Crippen LogP contribution in [0.5, 0.6) is 0 Å². The number of rotatable bonds is 10. The summed E-state index contributed by atoms with van der Waals surface area (Å²) in [5.41, 5.74) is 0. The first-order valence-corrected chi connectivity index (χ1v) is 10.2. The summed E-state index contributed by atoms with van der Waals surface area (Å²) < 4.78 is 54.0. The van der Waals surface area contributed by atoms with E-state index in [-0.39, 0.29) is 20.6 Å². The first kappa shape index (κ1) is 30.0. The predicted octanol–water partition coefficient (Wildman–Crippen LogP) is -1.42. The van der Waals surface area contributed by atoms with Gasteiger partial charge in [0.25, 0.3) is 7.82 Å². The Kier molecular flexibility index (Phi) is 14.2. The Morgan fingerprint density at radius 2 is 1.30 bits per heavy atom. The molecule has 0 amide bonds. The van der Waals surface area contributed by atoms with Gasteiger partial charge in [0.1, 0.15) is 52.3 Å². The second kappa shape index (κ2) is 14.2. The molecule has 0 aromatic rings. The van der Waals surface area contributed by atoms with Crippen LogP contribution in [0.4, 0.5) is 0 Å². The van der Waals surface area contributed by atoms with Crippen molar-refractivity contribution in [1.29, 1.82) is 0 Å². The van der Waals surface area contributed by atoms with Gasteiger partial charge in [-0.05, 0) is 0 Å². The molecule has 0 aromatic carbocycles. The molecule has 2 rings (SSSR count). The predicted molar refractivity (Wildman–Crippen MR) is 106 cm³/mol. The SMILES string of the molecule is C.CO.[B]C1OC(COP(=O)([O-])OC2C(COC)OC([B])C2OC)C(OC)C1OC. The van der Waals surface area contributed by atoms with Crippen molar-refractivity contribution in [1.82, 2.24) is 0 Å². The van der Waals surface area contributed by atoms with Gasteiger partial charge in [0.15, 0.2) is 0 Å². The van der Waals surface area contributed by atoms with E-state index in [1.54, 1.807) is 0 Å². The highest BCUT2D eigenvalue weighted by molar-refractivity contribution is 7.45. The number of ether oxygens (including phenoxy) is 6. The largest absolute Gasteiger partial charge is 0.756 e. The van der Waals surface area contributed by atoms with Crippen molar-refractivity contribution in [2.45, 2.75) is 56.1 Å². The number of hydrogen-bond acceptors (Lipinski definition) is 11. The Hall–Kier alpha value is -0.0401. The number of aliphatic hydroxyl groups excluding tert-OH is 1. The second-order valence-corrected chi connectivity index (χ2v) is 7.51. The molecule has 9 atom stereocenters. The standard InChI is InChI=1S/C14H25B2O10P.CH4O.CH4/c1-19-5-7-10(12(22-4)14(16)24-7)26-27(17,18)23-6-8-9(20-2)11(21-3)13(15)25-8;1-2;/h7-14H,5-6H2,1-4H3,(H,17,18);2H,1H3;1H4/p-1. The van der Waals surface area contributed by atoms with Crippen molar-refractivity contribution in [3.8, 4) is 0 Å². The maximum absolute atomic E-state index is 12.3. The molecule has 30 heavy (non-hydrogen) atoms. The van der Waals surface area contributed by atoms with E-state index in [1.165, 1.54) is 28.4 Å². The fourth-order valence-corrected chi connectivity index (χ4v) is 4.18. The molecule has 9 unspecified atom stereocenters. The Bertz CT molecular complexity index is 518. The summed E-state index contributed by atoms with van der Waals surface area (Å²) >= 11 is 0. The van der Waals surface area contributed by atoms with Crippen molar-refractivity contribution in [2.24, 2.45) is 0 Å². The van der Waals surface area contributed by atoms with Crippen LogP contribution in [0.2, 0.25) is 0 Å². The number of aliphatic hydroxyl groups is 1. The third kappa shape index (κ3) is 7.53. The van der Waals surface area contributed by atoms with Crippen molar-refractivity contribution in [3.05, 3.63) is 0 Å². The number of phosphoric ester groups is 1. The third-order valence-electron chi connectivity index (χ3n) is 4.49. The molecule has 4 radical (unpaired) electrons. The molecule has 1 N–H and O–H groups in total. The minimum Gasteiger partial charge on any atom is -0.756 e. The van der Waals surface area contributed by atoms with E-state index in [2.05, 4.69) is 0 Å². The maximum atomic E-state index is 12.3. The Morgan fingerprint density at radius 3 is 1.73 bits per heavy atom. The molecule has 2 aliphatic rings. The molecular weight excluding hydrogens is 421 g/mol. The Labute approximate surface area is 181 Å². The molecule has 0 saturated carbocycles. The van der Waals surface area contributed by atoms with Gasteiger partial charge in [0, 0.05) is 47.6 Å². The molecule has 2 heterocycles. The number of hydrogen-bond donors (Lipinski definition) is 1. The van der Waals surface area contributed by atoms with Gasteiger partial charge >= 0.3 is 0 Å². The van der Waals surface area contributed by atoms with Crippen LogP contribution in [0.15, 0.2) is 0 Å². The average molecular weight is 453 g/mol. The molecule has 174 valence electrons. The average Bonchev–Trinajstić information content (AvgIpc) is 3.16. The molecule has 0 bridgehead atoms. The topological polar surface area (TPSA) is 134 Å². The zero-order chi connectivity index (χ0) is 22.2. The van der Waals surface area contributed by atoms with Crippen LogP contribution in [0.1, 0.15) is 7.43 Å². The zero-order valence-electron chi connectivity index (χ0n) is 17.2. The van der Waals surface area contributed by atoms with Gasteiger partial charge in [-0.1, -0.05) is 7.43 Å². The van der Waals surface area contributed by atoms with E-state index in [0.717, 1.165) is 7.11 Å². The van der Waals surface area contributed by atoms with Crippen molar-refractivity contribution >= 4 is 23.5 Å². The minimum atomic E-state index is -4.76. The molecule has 2 aliphatic heterocycles. The lowest BCUT2D eigenvalue weighted by Crippen LogP contribution is -2.40. The summed E-state index contributed by atoms with van der Waals surface area (Å²) in [5, 5.41) is 7.00. The van der Waals surface area contributed by atoms with Gasteiger partial charge in [-0.3, -0.25) is 4.57 Å². The smallest absolute Gasteiger partial charge is 0.268 e. The lowest BCUT2D eigenvalue weighted by molar-refractivity contribution is -0.236. The van der Waals surface area contributed by atoms with Crippen LogP contribution in [-0.2, 0) is 42.0 Å². The quantitative estimate of drug-likeness (QED) is 0.309. The normalized spacial score (nSPS) is 37.7. The molecule has 14 heteroatoms. The highest BCUT2D eigenvalue weighted by Crippen LogP contribution is 2.44. The minimum absolute atomic E-state index is 0. The van der Waals surface area contributed by atoms with Crippen LogP contribution >= 0.6 is 7.82 Å². The van der Waals surface area contributed by atoms with E-state index in [1.807, 2.05) is 0 Å². The molecule has 2 saturated heterocycles. The monoisotopic (exact) mass is 453 g/mol. The lowest BCUT2D eigenvalue weighted by atomic mass is 9.93. The van der Waals surface area contributed by atoms with E-state index in [9.17, 15) is 9.46 Å². The highest BCUT2D eigenvalue weighted by atomic mass is 31.2. The van der Waals surface area contributed by atoms with Gasteiger partial charge in [-0.2, -0.15) is 0 Å². The van der Waals surface area contributed by atoms with Crippen LogP contribution in [-0.4, -0.2) is 118 Å². The summed E-state index contributed by atoms with van der Waals surface area (Å²) in [4.78, 5) is 12.3. The first-order valence-electron chi connectivity index (χ1n) is 8.76. The third-order valence-corrected chi connectivity index (χ3v) is 5.45. The van der Waals surface area contributed by atoms with E-state index in [0.29, 0.717) is 0 Å². The summed E-state index contributed by atoms with van der Waals surface area (Å²) in [7, 11) is 13.5. The summed E-state index contributed by atoms with van der Waals surface area (Å²) in [6, 6.07) is -1.64. The molecule has 2 fully saturated rings. The van der Waals surface area contributed by atoms with Gasteiger partial charge in [0.2, 0.25) is 0 Å². The summed E-state index contributed by atoms with van der Waals surface area (Å²) in [6.45, 7) is -0.293. The van der Waals surface area contributed by atoms with E-state index < -0.39 is 56.5 Å². The first-order chi connectivity index (χ1) is 13.8. The van der Waals surface area contributed by atoms with Crippen LogP contribution in [0.25, 0.3) is 0 Å². The van der Waals surface area contributed by atoms with Crippen LogP contribution in [0, 0.1) is 0 Å². The molecule has 0 aromatic heterocycles. The zero-order valence-corrected chi connectivity index (χ0v) is 18.1. The van der Waals surface area contributed by atoms with E-state index in [4.69, 9.17) is 58.3 Å². The lowest BCUT2D eigenvalue weighted by Gasteiger charge is -2.31. The van der Waals surface area contributed by atoms with Crippen molar-refractivity contribution < 1.29 is 52.0 Å². The summed E-state index contributed by atoms with van der Waals surface area (Å²) in [6.07, 6.45) is -4.47. The fraction of sp³-hybridized carbons (Fsp3) is 1.00. The molecule has 11 nitrogen and oxygen atoms in total. The van der Waals surface area contributed by atoms with Crippen LogP contribution in [0.3, 0.4) is 0 Å².